The van der Waals surface area contributed by atoms with Crippen LogP contribution in [0.5, 0.6) is 0 Å². The number of ketones is 2. The molecule has 4 atom stereocenters. The van der Waals surface area contributed by atoms with Crippen molar-refractivity contribution in [3.63, 3.8) is 0 Å². The normalized spacial score (nSPS) is 17.7. The standard InChI is InChI=1S/C43H66O2/c1-13-40(8,9)30(6)20-18-26-42(11,16-4)32-22-24-34-36(28-32)38(44)35-25-23-33(29-37(35)39(34)45)43(12,17-5)27-19-21-31(7)41(10,14-2)15-3/h22-25,28-31H,13-21,26-27H2,1-12H3. The van der Waals surface area contributed by atoms with Crippen LogP contribution in [0.3, 0.4) is 0 Å². The fraction of sp³-hybridized carbons (Fsp3) is 0.674. The van der Waals surface area contributed by atoms with E-state index in [0.29, 0.717) is 44.9 Å². The average Bonchev–Trinajstić information content (AvgIpc) is 3.05. The first-order chi connectivity index (χ1) is 21.1. The Kier molecular flexibility index (Phi) is 12.2. The van der Waals surface area contributed by atoms with Gasteiger partial charge in [0.15, 0.2) is 11.6 Å². The zero-order valence-electron chi connectivity index (χ0n) is 31.2. The van der Waals surface area contributed by atoms with E-state index in [1.54, 1.807) is 0 Å². The zero-order chi connectivity index (χ0) is 33.8. The predicted octanol–water partition coefficient (Wildman–Crippen LogP) is 12.7. The Morgan fingerprint density at radius 1 is 0.533 bits per heavy atom. The lowest BCUT2D eigenvalue weighted by Crippen LogP contribution is -2.27. The molecule has 0 amide bonds. The monoisotopic (exact) mass is 615 g/mol. The van der Waals surface area contributed by atoms with Gasteiger partial charge in [-0.05, 0) is 94.6 Å². The molecule has 0 bridgehead atoms. The second kappa shape index (κ2) is 14.7. The van der Waals surface area contributed by atoms with Crippen LogP contribution in [0.4, 0.5) is 0 Å². The van der Waals surface area contributed by atoms with Crippen molar-refractivity contribution in [1.82, 2.24) is 0 Å². The van der Waals surface area contributed by atoms with E-state index in [1.165, 1.54) is 49.7 Å². The van der Waals surface area contributed by atoms with E-state index in [4.69, 9.17) is 0 Å². The number of fused-ring (bicyclic) bond motifs is 2. The van der Waals surface area contributed by atoms with Gasteiger partial charge in [0.25, 0.3) is 0 Å². The maximum absolute atomic E-state index is 13.9. The van der Waals surface area contributed by atoms with Gasteiger partial charge in [0.1, 0.15) is 0 Å². The molecule has 0 fully saturated rings. The Morgan fingerprint density at radius 2 is 0.933 bits per heavy atom. The first-order valence-corrected chi connectivity index (χ1v) is 18.4. The molecule has 3 rings (SSSR count). The van der Waals surface area contributed by atoms with Crippen molar-refractivity contribution < 1.29 is 9.59 Å². The highest BCUT2D eigenvalue weighted by Gasteiger charge is 2.35. The molecule has 2 aromatic rings. The first-order valence-electron chi connectivity index (χ1n) is 18.4. The van der Waals surface area contributed by atoms with Crippen LogP contribution in [0.1, 0.15) is 197 Å². The van der Waals surface area contributed by atoms with Crippen LogP contribution in [0, 0.1) is 22.7 Å². The fourth-order valence-electron chi connectivity index (χ4n) is 7.58. The predicted molar refractivity (Wildman–Crippen MR) is 194 cm³/mol. The summed E-state index contributed by atoms with van der Waals surface area (Å²) in [6, 6.07) is 12.2. The lowest BCUT2D eigenvalue weighted by Gasteiger charge is -2.36. The van der Waals surface area contributed by atoms with Gasteiger partial charge in [-0.15, -0.1) is 0 Å². The molecule has 4 unspecified atom stereocenters. The second-order valence-corrected chi connectivity index (χ2v) is 16.3. The van der Waals surface area contributed by atoms with Crippen molar-refractivity contribution in [2.45, 2.75) is 165 Å². The molecule has 0 saturated heterocycles. The molecule has 2 nitrogen and oxygen atoms in total. The van der Waals surface area contributed by atoms with Crippen LogP contribution in [0.15, 0.2) is 36.4 Å². The van der Waals surface area contributed by atoms with Gasteiger partial charge in [0.2, 0.25) is 0 Å². The summed E-state index contributed by atoms with van der Waals surface area (Å²) in [5.41, 5.74) is 5.37. The summed E-state index contributed by atoms with van der Waals surface area (Å²) in [4.78, 5) is 27.9. The molecule has 0 N–H and O–H groups in total. The molecular formula is C43H66O2. The lowest BCUT2D eigenvalue weighted by atomic mass is 9.69. The summed E-state index contributed by atoms with van der Waals surface area (Å²) in [5, 5.41) is 0. The van der Waals surface area contributed by atoms with Crippen molar-refractivity contribution in [1.29, 1.82) is 0 Å². The molecule has 0 aromatic heterocycles. The van der Waals surface area contributed by atoms with Crippen LogP contribution in [0.2, 0.25) is 0 Å². The van der Waals surface area contributed by atoms with E-state index in [1.807, 2.05) is 18.2 Å². The largest absolute Gasteiger partial charge is 0.289 e. The highest BCUT2D eigenvalue weighted by Crippen LogP contribution is 2.42. The maximum atomic E-state index is 13.9. The topological polar surface area (TPSA) is 34.1 Å². The summed E-state index contributed by atoms with van der Waals surface area (Å²) < 4.78 is 0. The number of carbonyl (C=O) groups excluding carboxylic acids is 2. The van der Waals surface area contributed by atoms with E-state index in [2.05, 4.69) is 101 Å². The van der Waals surface area contributed by atoms with Crippen LogP contribution < -0.4 is 0 Å². The third-order valence-electron chi connectivity index (χ3n) is 13.8. The second-order valence-electron chi connectivity index (χ2n) is 16.3. The van der Waals surface area contributed by atoms with Gasteiger partial charge in [0.05, 0.1) is 0 Å². The maximum Gasteiger partial charge on any atom is 0.194 e. The number of hydrogen-bond acceptors (Lipinski definition) is 2. The van der Waals surface area contributed by atoms with Crippen LogP contribution in [-0.4, -0.2) is 11.6 Å². The Morgan fingerprint density at radius 3 is 1.29 bits per heavy atom. The third kappa shape index (κ3) is 7.68. The van der Waals surface area contributed by atoms with Crippen molar-refractivity contribution in [3.05, 3.63) is 69.8 Å². The van der Waals surface area contributed by atoms with Gasteiger partial charge in [-0.25, -0.2) is 0 Å². The molecule has 0 spiro atoms. The number of benzene rings is 2. The summed E-state index contributed by atoms with van der Waals surface area (Å²) in [6.07, 6.45) is 12.6. The molecule has 250 valence electrons. The number of hydrogen-bond donors (Lipinski definition) is 0. The molecule has 2 heteroatoms. The van der Waals surface area contributed by atoms with Crippen molar-refractivity contribution in [2.75, 3.05) is 0 Å². The van der Waals surface area contributed by atoms with Gasteiger partial charge in [0, 0.05) is 22.3 Å². The fourth-order valence-corrected chi connectivity index (χ4v) is 7.58. The minimum Gasteiger partial charge on any atom is -0.289 e. The van der Waals surface area contributed by atoms with Crippen LogP contribution >= 0.6 is 0 Å². The SMILES string of the molecule is CCC(C)(CCCC(C)C(C)(C)CC)c1ccc2c(c1)C(=O)c1ccc(C(C)(CC)CCCC(C)C(C)(CC)CC)cc1C2=O. The smallest absolute Gasteiger partial charge is 0.194 e. The molecule has 0 heterocycles. The minimum absolute atomic E-state index is 0.00411. The van der Waals surface area contributed by atoms with Crippen LogP contribution in [0.25, 0.3) is 0 Å². The van der Waals surface area contributed by atoms with Gasteiger partial charge in [-0.3, -0.25) is 9.59 Å². The minimum atomic E-state index is -0.0240. The lowest BCUT2D eigenvalue weighted by molar-refractivity contribution is 0.0978. The Hall–Kier alpha value is -2.22. The first kappa shape index (κ1) is 37.2. The zero-order valence-corrected chi connectivity index (χ0v) is 31.2. The Labute approximate surface area is 277 Å². The third-order valence-corrected chi connectivity index (χ3v) is 13.8. The van der Waals surface area contributed by atoms with E-state index in [9.17, 15) is 9.59 Å². The number of carbonyl (C=O) groups is 2. The molecule has 45 heavy (non-hydrogen) atoms. The molecule has 2 aromatic carbocycles. The van der Waals surface area contributed by atoms with Gasteiger partial charge in [-0.2, -0.15) is 0 Å². The molecule has 0 radical (unpaired) electrons. The van der Waals surface area contributed by atoms with E-state index in [0.717, 1.165) is 32.1 Å². The van der Waals surface area contributed by atoms with Crippen molar-refractivity contribution >= 4 is 11.6 Å². The summed E-state index contributed by atoms with van der Waals surface area (Å²) in [7, 11) is 0. The van der Waals surface area contributed by atoms with E-state index >= 15 is 0 Å². The molecule has 0 aliphatic heterocycles. The van der Waals surface area contributed by atoms with Crippen molar-refractivity contribution in [3.8, 4) is 0 Å². The van der Waals surface area contributed by atoms with Gasteiger partial charge >= 0.3 is 0 Å². The molecule has 0 saturated carbocycles. The van der Waals surface area contributed by atoms with Gasteiger partial charge in [-0.1, -0.05) is 140 Å². The summed E-state index contributed by atoms with van der Waals surface area (Å²) in [5.74, 6) is 1.35. The summed E-state index contributed by atoms with van der Waals surface area (Å²) in [6.45, 7) is 28.1. The highest BCUT2D eigenvalue weighted by molar-refractivity contribution is 6.28. The van der Waals surface area contributed by atoms with E-state index in [-0.39, 0.29) is 22.4 Å². The Bertz CT molecular complexity index is 1330. The van der Waals surface area contributed by atoms with Gasteiger partial charge < -0.3 is 0 Å². The van der Waals surface area contributed by atoms with Crippen LogP contribution in [-0.2, 0) is 10.8 Å². The molecule has 1 aliphatic carbocycles. The van der Waals surface area contributed by atoms with E-state index < -0.39 is 0 Å². The average molecular weight is 615 g/mol. The highest BCUT2D eigenvalue weighted by atomic mass is 16.1. The molecule has 1 aliphatic rings. The Balaban J connectivity index is 1.83. The van der Waals surface area contributed by atoms with Crippen molar-refractivity contribution in [2.24, 2.45) is 22.7 Å². The quantitative estimate of drug-likeness (QED) is 0.152. The molecular weight excluding hydrogens is 548 g/mol. The number of rotatable bonds is 17. The summed E-state index contributed by atoms with van der Waals surface area (Å²) >= 11 is 0.